The maximum absolute atomic E-state index is 6.10. The highest BCUT2D eigenvalue weighted by Crippen LogP contribution is 2.23. The van der Waals surface area contributed by atoms with Gasteiger partial charge in [0.2, 0.25) is 11.8 Å². The zero-order valence-corrected chi connectivity index (χ0v) is 15.9. The van der Waals surface area contributed by atoms with Crippen LogP contribution in [0.5, 0.6) is 5.75 Å². The van der Waals surface area contributed by atoms with E-state index in [0.29, 0.717) is 18.3 Å². The summed E-state index contributed by atoms with van der Waals surface area (Å²) in [5.41, 5.74) is 2.06. The van der Waals surface area contributed by atoms with Crippen LogP contribution >= 0.6 is 11.6 Å². The predicted molar refractivity (Wildman–Crippen MR) is 105 cm³/mol. The topological polar surface area (TPSA) is 54.6 Å². The lowest BCUT2D eigenvalue weighted by molar-refractivity contribution is 0.227. The molecule has 0 saturated carbocycles. The molecule has 6 nitrogen and oxygen atoms in total. The van der Waals surface area contributed by atoms with Gasteiger partial charge in [-0.05, 0) is 42.5 Å². The van der Waals surface area contributed by atoms with Crippen LogP contribution in [0.3, 0.4) is 0 Å². The van der Waals surface area contributed by atoms with Crippen LogP contribution in [0.1, 0.15) is 5.89 Å². The van der Waals surface area contributed by atoms with Crippen molar-refractivity contribution in [2.24, 2.45) is 0 Å². The van der Waals surface area contributed by atoms with E-state index in [1.165, 1.54) is 5.69 Å². The molecule has 1 aliphatic heterocycles. The van der Waals surface area contributed by atoms with Gasteiger partial charge in [-0.25, -0.2) is 0 Å². The third-order valence-corrected chi connectivity index (χ3v) is 4.94. The second-order valence-corrected chi connectivity index (χ2v) is 6.91. The fraction of sp³-hybridized carbons (Fsp3) is 0.300. The molecule has 2 aromatic carbocycles. The molecule has 1 aromatic heterocycles. The molecule has 3 aromatic rings. The zero-order chi connectivity index (χ0) is 18.6. The Morgan fingerprint density at radius 1 is 1.04 bits per heavy atom. The maximum Gasteiger partial charge on any atom is 0.247 e. The monoisotopic (exact) mass is 384 g/mol. The van der Waals surface area contributed by atoms with Gasteiger partial charge >= 0.3 is 0 Å². The normalized spacial score (nSPS) is 15.1. The van der Waals surface area contributed by atoms with E-state index in [1.807, 2.05) is 42.5 Å². The summed E-state index contributed by atoms with van der Waals surface area (Å²) >= 11 is 6.10. The Balaban J connectivity index is 1.35. The zero-order valence-electron chi connectivity index (χ0n) is 15.1. The summed E-state index contributed by atoms with van der Waals surface area (Å²) < 4.78 is 11.0. The lowest BCUT2D eigenvalue weighted by atomic mass is 10.2. The van der Waals surface area contributed by atoms with Gasteiger partial charge in [-0.2, -0.15) is 0 Å². The maximum atomic E-state index is 6.10. The van der Waals surface area contributed by atoms with E-state index in [4.69, 9.17) is 20.8 Å². The number of benzene rings is 2. The van der Waals surface area contributed by atoms with Crippen molar-refractivity contribution in [3.05, 3.63) is 59.4 Å². The van der Waals surface area contributed by atoms with Crippen LogP contribution < -0.4 is 9.64 Å². The number of halogens is 1. The van der Waals surface area contributed by atoms with Gasteiger partial charge in [-0.3, -0.25) is 4.90 Å². The second-order valence-electron chi connectivity index (χ2n) is 6.47. The van der Waals surface area contributed by atoms with Crippen molar-refractivity contribution in [3.63, 3.8) is 0 Å². The van der Waals surface area contributed by atoms with Crippen molar-refractivity contribution >= 4 is 17.3 Å². The lowest BCUT2D eigenvalue weighted by Crippen LogP contribution is -2.46. The van der Waals surface area contributed by atoms with E-state index >= 15 is 0 Å². The minimum atomic E-state index is 0.533. The van der Waals surface area contributed by atoms with Crippen molar-refractivity contribution < 1.29 is 9.15 Å². The second kappa shape index (κ2) is 7.98. The summed E-state index contributed by atoms with van der Waals surface area (Å²) in [7, 11) is 1.64. The van der Waals surface area contributed by atoms with E-state index < -0.39 is 0 Å². The van der Waals surface area contributed by atoms with Gasteiger partial charge in [0.1, 0.15) is 5.75 Å². The van der Waals surface area contributed by atoms with Crippen molar-refractivity contribution in [2.75, 3.05) is 38.2 Å². The SMILES string of the molecule is COc1ccc(-c2nnc(CN3CCN(c4cccc(Cl)c4)CC3)o2)cc1. The Kier molecular flexibility index (Phi) is 5.27. The van der Waals surface area contributed by atoms with Crippen LogP contribution in [-0.2, 0) is 6.54 Å². The number of nitrogens with zero attached hydrogens (tertiary/aromatic N) is 4. The first kappa shape index (κ1) is 17.8. The molecule has 1 saturated heterocycles. The quantitative estimate of drug-likeness (QED) is 0.668. The Bertz CT molecular complexity index is 889. The fourth-order valence-corrected chi connectivity index (χ4v) is 3.38. The van der Waals surface area contributed by atoms with E-state index in [0.717, 1.165) is 42.5 Å². The number of piperazine rings is 1. The molecule has 4 rings (SSSR count). The molecule has 2 heterocycles. The molecule has 0 aliphatic carbocycles. The van der Waals surface area contributed by atoms with Gasteiger partial charge in [0, 0.05) is 42.5 Å². The van der Waals surface area contributed by atoms with Gasteiger partial charge in [0.25, 0.3) is 0 Å². The molecular weight excluding hydrogens is 364 g/mol. The third-order valence-electron chi connectivity index (χ3n) is 4.71. The fourth-order valence-electron chi connectivity index (χ4n) is 3.20. The number of methoxy groups -OCH3 is 1. The van der Waals surface area contributed by atoms with Crippen LogP contribution in [0.25, 0.3) is 11.5 Å². The number of hydrogen-bond acceptors (Lipinski definition) is 6. The van der Waals surface area contributed by atoms with Crippen LogP contribution in [0.4, 0.5) is 5.69 Å². The van der Waals surface area contributed by atoms with Gasteiger partial charge in [0.05, 0.1) is 13.7 Å². The Morgan fingerprint density at radius 2 is 1.81 bits per heavy atom. The summed E-state index contributed by atoms with van der Waals surface area (Å²) in [6.45, 7) is 4.42. The minimum Gasteiger partial charge on any atom is -0.497 e. The minimum absolute atomic E-state index is 0.533. The molecule has 27 heavy (non-hydrogen) atoms. The van der Waals surface area contributed by atoms with Gasteiger partial charge < -0.3 is 14.1 Å². The van der Waals surface area contributed by atoms with Crippen molar-refractivity contribution in [1.82, 2.24) is 15.1 Å². The molecule has 0 radical (unpaired) electrons. The van der Waals surface area contributed by atoms with Crippen LogP contribution in [0.2, 0.25) is 5.02 Å². The summed E-state index contributed by atoms with van der Waals surface area (Å²) in [6.07, 6.45) is 0. The van der Waals surface area contributed by atoms with Crippen molar-refractivity contribution in [1.29, 1.82) is 0 Å². The highest BCUT2D eigenvalue weighted by Gasteiger charge is 2.20. The number of aromatic nitrogens is 2. The smallest absolute Gasteiger partial charge is 0.247 e. The van der Waals surface area contributed by atoms with Crippen molar-refractivity contribution in [2.45, 2.75) is 6.54 Å². The largest absolute Gasteiger partial charge is 0.497 e. The van der Waals surface area contributed by atoms with E-state index in [2.05, 4.69) is 26.1 Å². The standard InChI is InChI=1S/C20H21ClN4O2/c1-26-18-7-5-15(6-8-18)20-23-22-19(27-20)14-24-9-11-25(12-10-24)17-4-2-3-16(21)13-17/h2-8,13H,9-12,14H2,1H3. The average molecular weight is 385 g/mol. The van der Waals surface area contributed by atoms with E-state index in [9.17, 15) is 0 Å². The third kappa shape index (κ3) is 4.23. The molecule has 1 aliphatic rings. The van der Waals surface area contributed by atoms with Gasteiger partial charge in [-0.15, -0.1) is 10.2 Å². The molecular formula is C20H21ClN4O2. The molecule has 0 N–H and O–H groups in total. The summed E-state index contributed by atoms with van der Waals surface area (Å²) in [5.74, 6) is 1.97. The van der Waals surface area contributed by atoms with Gasteiger partial charge in [-0.1, -0.05) is 17.7 Å². The lowest BCUT2D eigenvalue weighted by Gasteiger charge is -2.35. The average Bonchev–Trinajstić information content (AvgIpc) is 3.17. The van der Waals surface area contributed by atoms with Crippen molar-refractivity contribution in [3.8, 4) is 17.2 Å². The molecule has 0 amide bonds. The Labute approximate surface area is 163 Å². The van der Waals surface area contributed by atoms with E-state index in [1.54, 1.807) is 7.11 Å². The first-order valence-corrected chi connectivity index (χ1v) is 9.29. The number of ether oxygens (including phenoxy) is 1. The summed E-state index contributed by atoms with van der Waals surface area (Å²) in [5, 5.41) is 9.14. The molecule has 0 unspecified atom stereocenters. The molecule has 0 atom stereocenters. The van der Waals surface area contributed by atoms with Gasteiger partial charge in [0.15, 0.2) is 0 Å². The highest BCUT2D eigenvalue weighted by atomic mass is 35.5. The molecule has 0 spiro atoms. The van der Waals surface area contributed by atoms with Crippen LogP contribution in [-0.4, -0.2) is 48.4 Å². The number of rotatable bonds is 5. The summed E-state index contributed by atoms with van der Waals surface area (Å²) in [6, 6.07) is 15.6. The first-order valence-electron chi connectivity index (χ1n) is 8.91. The van der Waals surface area contributed by atoms with Crippen LogP contribution in [0, 0.1) is 0 Å². The molecule has 1 fully saturated rings. The predicted octanol–water partition coefficient (Wildman–Crippen LogP) is 3.72. The summed E-state index contributed by atoms with van der Waals surface area (Å²) in [4.78, 5) is 4.67. The number of anilines is 1. The Hall–Kier alpha value is -2.57. The van der Waals surface area contributed by atoms with Crippen LogP contribution in [0.15, 0.2) is 52.9 Å². The van der Waals surface area contributed by atoms with E-state index in [-0.39, 0.29) is 0 Å². The number of hydrogen-bond donors (Lipinski definition) is 0. The molecule has 7 heteroatoms. The first-order chi connectivity index (χ1) is 13.2. The molecule has 0 bridgehead atoms. The Morgan fingerprint density at radius 3 is 2.52 bits per heavy atom. The highest BCUT2D eigenvalue weighted by molar-refractivity contribution is 6.30. The molecule has 140 valence electrons.